The summed E-state index contributed by atoms with van der Waals surface area (Å²) in [7, 11) is -7.39. The van der Waals surface area contributed by atoms with Gasteiger partial charge in [-0.05, 0) is 48.9 Å². The molecular weight excluding hydrogens is 360 g/mol. The Kier molecular flexibility index (Phi) is 5.07. The van der Waals surface area contributed by atoms with Crippen LogP contribution in [0.25, 0.3) is 0 Å². The summed E-state index contributed by atoms with van der Waals surface area (Å²) in [6, 6.07) is 7.00. The van der Waals surface area contributed by atoms with E-state index in [1.807, 2.05) is 0 Å². The molecule has 9 heteroatoms. The highest BCUT2D eigenvalue weighted by molar-refractivity contribution is 7.90. The molecular formula is C15H15F2NO4S2. The zero-order chi connectivity index (χ0) is 18.1. The van der Waals surface area contributed by atoms with Crippen molar-refractivity contribution < 1.29 is 25.6 Å². The molecule has 24 heavy (non-hydrogen) atoms. The fourth-order valence-electron chi connectivity index (χ4n) is 2.02. The molecule has 1 unspecified atom stereocenters. The van der Waals surface area contributed by atoms with Crippen LogP contribution in [-0.2, 0) is 19.9 Å². The van der Waals surface area contributed by atoms with Crippen molar-refractivity contribution in [3.8, 4) is 0 Å². The minimum atomic E-state index is -3.95. The Hall–Kier alpha value is -1.84. The fourth-order valence-corrected chi connectivity index (χ4v) is 3.88. The first-order chi connectivity index (χ1) is 11.0. The van der Waals surface area contributed by atoms with Crippen LogP contribution in [-0.4, -0.2) is 23.1 Å². The van der Waals surface area contributed by atoms with Crippen molar-refractivity contribution in [1.29, 1.82) is 0 Å². The number of hydrogen-bond donors (Lipinski definition) is 1. The summed E-state index contributed by atoms with van der Waals surface area (Å²) in [6.45, 7) is 1.48. The third kappa shape index (κ3) is 4.16. The van der Waals surface area contributed by atoms with E-state index < -0.39 is 37.5 Å². The van der Waals surface area contributed by atoms with Crippen LogP contribution < -0.4 is 4.72 Å². The minimum absolute atomic E-state index is 0.00453. The summed E-state index contributed by atoms with van der Waals surface area (Å²) in [5, 5.41) is 0. The molecule has 0 heterocycles. The van der Waals surface area contributed by atoms with Gasteiger partial charge in [-0.1, -0.05) is 6.07 Å². The first-order valence-electron chi connectivity index (χ1n) is 6.78. The molecule has 0 bridgehead atoms. The van der Waals surface area contributed by atoms with Gasteiger partial charge in [0.1, 0.15) is 0 Å². The lowest BCUT2D eigenvalue weighted by molar-refractivity contribution is 0.504. The first kappa shape index (κ1) is 18.5. The third-order valence-corrected chi connectivity index (χ3v) is 6.02. The molecule has 0 radical (unpaired) electrons. The van der Waals surface area contributed by atoms with Gasteiger partial charge in [-0.2, -0.15) is 0 Å². The summed E-state index contributed by atoms with van der Waals surface area (Å²) in [5.41, 5.74) is 0.255. The highest BCUT2D eigenvalue weighted by atomic mass is 32.2. The van der Waals surface area contributed by atoms with Crippen LogP contribution in [0, 0.1) is 11.6 Å². The fraction of sp³-hybridized carbons (Fsp3) is 0.200. The molecule has 0 aliphatic carbocycles. The first-order valence-corrected chi connectivity index (χ1v) is 10.2. The smallest absolute Gasteiger partial charge is 0.224 e. The van der Waals surface area contributed by atoms with Crippen LogP contribution in [0.1, 0.15) is 18.5 Å². The summed E-state index contributed by atoms with van der Waals surface area (Å²) in [4.78, 5) is -0.139. The number of sulfonamides is 1. The van der Waals surface area contributed by atoms with Crippen molar-refractivity contribution in [1.82, 2.24) is 4.72 Å². The predicted molar refractivity (Wildman–Crippen MR) is 84.6 cm³/mol. The van der Waals surface area contributed by atoms with E-state index >= 15 is 0 Å². The second-order valence-corrected chi connectivity index (χ2v) is 8.99. The molecule has 1 atom stereocenters. The SMILES string of the molecule is CC(NS(=O)(=O)c1ccc(S(C)(=O)=O)cc1)c1ccc(F)c(F)c1. The standard InChI is InChI=1S/C15H15F2NO4S2/c1-10(11-3-8-14(16)15(17)9-11)18-24(21,22)13-6-4-12(5-7-13)23(2,19)20/h3-10,18H,1-2H3. The zero-order valence-corrected chi connectivity index (χ0v) is 14.5. The molecule has 2 aromatic carbocycles. The lowest BCUT2D eigenvalue weighted by Gasteiger charge is -2.15. The number of halogens is 2. The van der Waals surface area contributed by atoms with Crippen LogP contribution in [0.5, 0.6) is 0 Å². The molecule has 0 saturated carbocycles. The summed E-state index contributed by atoms with van der Waals surface area (Å²) >= 11 is 0. The van der Waals surface area contributed by atoms with Crippen molar-refractivity contribution in [2.75, 3.05) is 6.26 Å². The molecule has 2 rings (SSSR count). The Balaban J connectivity index is 2.25. The molecule has 0 aliphatic heterocycles. The van der Waals surface area contributed by atoms with E-state index in [0.717, 1.165) is 30.5 Å². The van der Waals surface area contributed by atoms with E-state index in [0.29, 0.717) is 0 Å². The molecule has 0 saturated heterocycles. The van der Waals surface area contributed by atoms with Gasteiger partial charge in [0.2, 0.25) is 10.0 Å². The molecule has 130 valence electrons. The number of hydrogen-bond acceptors (Lipinski definition) is 4. The van der Waals surface area contributed by atoms with Crippen LogP contribution >= 0.6 is 0 Å². The highest BCUT2D eigenvalue weighted by Gasteiger charge is 2.20. The van der Waals surface area contributed by atoms with E-state index in [1.165, 1.54) is 25.1 Å². The molecule has 0 spiro atoms. The summed E-state index contributed by atoms with van der Waals surface area (Å²) in [6.07, 6.45) is 1.01. The molecule has 5 nitrogen and oxygen atoms in total. The van der Waals surface area contributed by atoms with E-state index in [-0.39, 0.29) is 15.4 Å². The van der Waals surface area contributed by atoms with E-state index in [1.54, 1.807) is 0 Å². The van der Waals surface area contributed by atoms with Crippen molar-refractivity contribution in [3.63, 3.8) is 0 Å². The number of sulfone groups is 1. The topological polar surface area (TPSA) is 80.3 Å². The van der Waals surface area contributed by atoms with Crippen LogP contribution in [0.3, 0.4) is 0 Å². The molecule has 0 fully saturated rings. The summed E-state index contributed by atoms with van der Waals surface area (Å²) in [5.74, 6) is -2.10. The molecule has 1 N–H and O–H groups in total. The number of benzene rings is 2. The maximum absolute atomic E-state index is 13.2. The van der Waals surface area contributed by atoms with Crippen molar-refractivity contribution in [3.05, 3.63) is 59.7 Å². The van der Waals surface area contributed by atoms with Gasteiger partial charge in [0.25, 0.3) is 0 Å². The Morgan fingerprint density at radius 1 is 0.875 bits per heavy atom. The lowest BCUT2D eigenvalue weighted by atomic mass is 10.1. The van der Waals surface area contributed by atoms with Gasteiger partial charge in [-0.15, -0.1) is 0 Å². The van der Waals surface area contributed by atoms with Crippen molar-refractivity contribution >= 4 is 19.9 Å². The monoisotopic (exact) mass is 375 g/mol. The normalized spacial score (nSPS) is 13.7. The van der Waals surface area contributed by atoms with Gasteiger partial charge in [-0.3, -0.25) is 0 Å². The maximum atomic E-state index is 13.2. The molecule has 2 aromatic rings. The Morgan fingerprint density at radius 2 is 1.42 bits per heavy atom. The molecule has 0 aliphatic rings. The third-order valence-electron chi connectivity index (χ3n) is 3.34. The van der Waals surface area contributed by atoms with Crippen molar-refractivity contribution in [2.45, 2.75) is 22.8 Å². The van der Waals surface area contributed by atoms with Crippen molar-refractivity contribution in [2.24, 2.45) is 0 Å². The van der Waals surface area contributed by atoms with Crippen LogP contribution in [0.2, 0.25) is 0 Å². The average Bonchev–Trinajstić information content (AvgIpc) is 2.49. The lowest BCUT2D eigenvalue weighted by Crippen LogP contribution is -2.27. The van der Waals surface area contributed by atoms with E-state index in [9.17, 15) is 25.6 Å². The van der Waals surface area contributed by atoms with Gasteiger partial charge < -0.3 is 0 Å². The Bertz CT molecular complexity index is 955. The predicted octanol–water partition coefficient (Wildman–Crippen LogP) is 2.41. The number of rotatable bonds is 5. The van der Waals surface area contributed by atoms with Gasteiger partial charge in [-0.25, -0.2) is 30.3 Å². The molecule has 0 aromatic heterocycles. The Labute approximate surface area is 139 Å². The van der Waals surface area contributed by atoms with Gasteiger partial charge in [0, 0.05) is 12.3 Å². The Morgan fingerprint density at radius 3 is 1.92 bits per heavy atom. The van der Waals surface area contributed by atoms with E-state index in [2.05, 4.69) is 4.72 Å². The second-order valence-electron chi connectivity index (χ2n) is 5.26. The minimum Gasteiger partial charge on any atom is -0.224 e. The molecule has 0 amide bonds. The largest absolute Gasteiger partial charge is 0.241 e. The second kappa shape index (κ2) is 6.58. The van der Waals surface area contributed by atoms with E-state index in [4.69, 9.17) is 0 Å². The van der Waals surface area contributed by atoms with Gasteiger partial charge >= 0.3 is 0 Å². The maximum Gasteiger partial charge on any atom is 0.241 e. The highest BCUT2D eigenvalue weighted by Crippen LogP contribution is 2.20. The zero-order valence-electron chi connectivity index (χ0n) is 12.8. The number of nitrogens with one attached hydrogen (secondary N) is 1. The van der Waals surface area contributed by atoms with Gasteiger partial charge in [0.05, 0.1) is 9.79 Å². The summed E-state index contributed by atoms with van der Waals surface area (Å²) < 4.78 is 75.9. The average molecular weight is 375 g/mol. The quantitative estimate of drug-likeness (QED) is 0.870. The van der Waals surface area contributed by atoms with Crippen LogP contribution in [0.15, 0.2) is 52.3 Å². The van der Waals surface area contributed by atoms with Crippen LogP contribution in [0.4, 0.5) is 8.78 Å². The van der Waals surface area contributed by atoms with Gasteiger partial charge in [0.15, 0.2) is 21.5 Å².